The topological polar surface area (TPSA) is 127 Å². The predicted octanol–water partition coefficient (Wildman–Crippen LogP) is 1.24. The summed E-state index contributed by atoms with van der Waals surface area (Å²) in [6.07, 6.45) is 3.51. The van der Waals surface area contributed by atoms with Crippen molar-refractivity contribution in [1.82, 2.24) is 9.97 Å². The second kappa shape index (κ2) is 7.47. The van der Waals surface area contributed by atoms with Crippen LogP contribution in [-0.2, 0) is 0 Å². The van der Waals surface area contributed by atoms with Crippen LogP contribution in [0.15, 0.2) is 0 Å². The lowest BCUT2D eigenvalue weighted by Gasteiger charge is -2.08. The number of aliphatic hydroxyl groups is 1. The Morgan fingerprint density at radius 1 is 1.32 bits per heavy atom. The van der Waals surface area contributed by atoms with Crippen molar-refractivity contribution >= 4 is 17.5 Å². The van der Waals surface area contributed by atoms with Gasteiger partial charge in [-0.2, -0.15) is 4.98 Å². The largest absolute Gasteiger partial charge is 0.396 e. The number of unbranched alkanes of at least 4 members (excludes halogenated alkanes) is 3. The van der Waals surface area contributed by atoms with Gasteiger partial charge in [-0.05, 0) is 19.8 Å². The van der Waals surface area contributed by atoms with Gasteiger partial charge in [-0.15, -0.1) is 0 Å². The van der Waals surface area contributed by atoms with Gasteiger partial charge in [0.1, 0.15) is 5.69 Å². The average molecular weight is 269 g/mol. The third-order valence-corrected chi connectivity index (χ3v) is 2.64. The maximum atomic E-state index is 10.9. The molecular weight excluding hydrogens is 250 g/mol. The predicted molar refractivity (Wildman–Crippen MR) is 71.9 cm³/mol. The minimum absolute atomic E-state index is 0.0193. The lowest BCUT2D eigenvalue weighted by atomic mass is 10.2. The Morgan fingerprint density at radius 2 is 2.00 bits per heavy atom. The first-order valence-electron chi connectivity index (χ1n) is 6.19. The van der Waals surface area contributed by atoms with Gasteiger partial charge in [0.2, 0.25) is 11.8 Å². The van der Waals surface area contributed by atoms with E-state index in [1.165, 1.54) is 6.92 Å². The fraction of sp³-hybridized carbons (Fsp3) is 0.636. The number of hydrogen-bond acceptors (Lipinski definition) is 7. The standard InChI is InChI=1S/C11H19N5O3/c1-8-9(16(18)19)10(15-11(12)14-8)13-6-4-2-3-5-7-17/h17H,2-7H2,1H3,(H3,12,13,14,15). The number of nitro groups is 1. The minimum atomic E-state index is -0.511. The summed E-state index contributed by atoms with van der Waals surface area (Å²) in [4.78, 5) is 18.1. The molecule has 19 heavy (non-hydrogen) atoms. The van der Waals surface area contributed by atoms with Crippen LogP contribution in [0, 0.1) is 17.0 Å². The van der Waals surface area contributed by atoms with Crippen LogP contribution in [0.5, 0.6) is 0 Å². The molecule has 1 aromatic rings. The SMILES string of the molecule is Cc1nc(N)nc(NCCCCCCO)c1[N+](=O)[O-]. The number of hydrogen-bond donors (Lipinski definition) is 3. The highest BCUT2D eigenvalue weighted by Crippen LogP contribution is 2.25. The molecule has 4 N–H and O–H groups in total. The Balaban J connectivity index is 2.59. The van der Waals surface area contributed by atoms with E-state index in [0.29, 0.717) is 6.54 Å². The van der Waals surface area contributed by atoms with Crippen molar-refractivity contribution in [3.8, 4) is 0 Å². The van der Waals surface area contributed by atoms with Crippen molar-refractivity contribution in [2.24, 2.45) is 0 Å². The van der Waals surface area contributed by atoms with Crippen molar-refractivity contribution in [3.05, 3.63) is 15.8 Å². The Morgan fingerprint density at radius 3 is 2.63 bits per heavy atom. The fourth-order valence-corrected chi connectivity index (χ4v) is 1.73. The molecule has 1 rings (SSSR count). The summed E-state index contributed by atoms with van der Waals surface area (Å²) in [5, 5.41) is 22.5. The van der Waals surface area contributed by atoms with E-state index >= 15 is 0 Å². The van der Waals surface area contributed by atoms with Gasteiger partial charge in [0.25, 0.3) is 0 Å². The van der Waals surface area contributed by atoms with Crippen LogP contribution in [0.25, 0.3) is 0 Å². The number of aromatic nitrogens is 2. The smallest absolute Gasteiger partial charge is 0.332 e. The Kier molecular flexibility index (Phi) is 5.94. The summed E-state index contributed by atoms with van der Waals surface area (Å²) >= 11 is 0. The molecule has 0 radical (unpaired) electrons. The molecule has 0 fully saturated rings. The molecule has 8 heteroatoms. The zero-order chi connectivity index (χ0) is 14.3. The molecule has 0 atom stereocenters. The van der Waals surface area contributed by atoms with E-state index in [9.17, 15) is 10.1 Å². The van der Waals surface area contributed by atoms with Gasteiger partial charge < -0.3 is 16.2 Å². The monoisotopic (exact) mass is 269 g/mol. The van der Waals surface area contributed by atoms with Gasteiger partial charge in [-0.3, -0.25) is 10.1 Å². The second-order valence-corrected chi connectivity index (χ2v) is 4.19. The average Bonchev–Trinajstić information content (AvgIpc) is 2.32. The van der Waals surface area contributed by atoms with Crippen LogP contribution in [-0.4, -0.2) is 33.1 Å². The Labute approximate surface area is 111 Å². The molecule has 0 aliphatic carbocycles. The molecule has 0 aliphatic heterocycles. The molecule has 0 bridgehead atoms. The Bertz CT molecular complexity index is 439. The first kappa shape index (κ1) is 15.1. The molecule has 1 heterocycles. The highest BCUT2D eigenvalue weighted by Gasteiger charge is 2.20. The number of nitrogens with one attached hydrogen (secondary N) is 1. The number of nitrogen functional groups attached to an aromatic ring is 1. The van der Waals surface area contributed by atoms with Crippen LogP contribution in [0.4, 0.5) is 17.5 Å². The van der Waals surface area contributed by atoms with Gasteiger partial charge in [-0.25, -0.2) is 4.98 Å². The van der Waals surface area contributed by atoms with Crippen molar-refractivity contribution in [3.63, 3.8) is 0 Å². The van der Waals surface area contributed by atoms with Gasteiger partial charge in [0, 0.05) is 13.2 Å². The van der Waals surface area contributed by atoms with Crippen molar-refractivity contribution in [1.29, 1.82) is 0 Å². The minimum Gasteiger partial charge on any atom is -0.396 e. The van der Waals surface area contributed by atoms with Crippen LogP contribution < -0.4 is 11.1 Å². The van der Waals surface area contributed by atoms with Crippen molar-refractivity contribution in [2.75, 3.05) is 24.2 Å². The number of aliphatic hydroxyl groups excluding tert-OH is 1. The van der Waals surface area contributed by atoms with Crippen LogP contribution >= 0.6 is 0 Å². The normalized spacial score (nSPS) is 10.4. The zero-order valence-corrected chi connectivity index (χ0v) is 10.9. The molecule has 0 saturated carbocycles. The van der Waals surface area contributed by atoms with E-state index < -0.39 is 4.92 Å². The molecule has 0 aromatic carbocycles. The molecular formula is C11H19N5O3. The molecule has 0 saturated heterocycles. The first-order valence-corrected chi connectivity index (χ1v) is 6.19. The maximum absolute atomic E-state index is 10.9. The first-order chi connectivity index (χ1) is 9.06. The molecule has 0 amide bonds. The van der Waals surface area contributed by atoms with Gasteiger partial charge >= 0.3 is 5.69 Å². The third-order valence-electron chi connectivity index (χ3n) is 2.64. The van der Waals surface area contributed by atoms with Gasteiger partial charge in [0.05, 0.1) is 4.92 Å². The van der Waals surface area contributed by atoms with Crippen LogP contribution in [0.3, 0.4) is 0 Å². The third kappa shape index (κ3) is 4.66. The van der Waals surface area contributed by atoms with Crippen molar-refractivity contribution < 1.29 is 10.0 Å². The maximum Gasteiger partial charge on any atom is 0.332 e. The summed E-state index contributed by atoms with van der Waals surface area (Å²) in [5.41, 5.74) is 5.60. The fourth-order valence-electron chi connectivity index (χ4n) is 1.73. The van der Waals surface area contributed by atoms with E-state index in [0.717, 1.165) is 25.7 Å². The van der Waals surface area contributed by atoms with Crippen molar-refractivity contribution in [2.45, 2.75) is 32.6 Å². The molecule has 8 nitrogen and oxygen atoms in total. The van der Waals surface area contributed by atoms with Crippen LogP contribution in [0.2, 0.25) is 0 Å². The summed E-state index contributed by atoms with van der Waals surface area (Å²) < 4.78 is 0. The van der Waals surface area contributed by atoms with E-state index in [1.807, 2.05) is 0 Å². The van der Waals surface area contributed by atoms with E-state index in [-0.39, 0.29) is 29.8 Å². The molecule has 0 spiro atoms. The highest BCUT2D eigenvalue weighted by atomic mass is 16.6. The van der Waals surface area contributed by atoms with E-state index in [1.54, 1.807) is 0 Å². The lowest BCUT2D eigenvalue weighted by molar-refractivity contribution is -0.385. The quantitative estimate of drug-likeness (QED) is 0.368. The lowest BCUT2D eigenvalue weighted by Crippen LogP contribution is -2.10. The number of aryl methyl sites for hydroxylation is 1. The Hall–Kier alpha value is -1.96. The number of anilines is 2. The summed E-state index contributed by atoms with van der Waals surface area (Å²) in [6, 6.07) is 0. The van der Waals surface area contributed by atoms with Crippen LogP contribution in [0.1, 0.15) is 31.4 Å². The second-order valence-electron chi connectivity index (χ2n) is 4.19. The molecule has 1 aromatic heterocycles. The van der Waals surface area contributed by atoms with E-state index in [4.69, 9.17) is 10.8 Å². The number of rotatable bonds is 8. The molecule has 0 unspecified atom stereocenters. The molecule has 106 valence electrons. The van der Waals surface area contributed by atoms with Gasteiger partial charge in [-0.1, -0.05) is 12.8 Å². The summed E-state index contributed by atoms with van der Waals surface area (Å²) in [5.74, 6) is 0.183. The number of nitrogens with two attached hydrogens (primary N) is 1. The summed E-state index contributed by atoms with van der Waals surface area (Å²) in [7, 11) is 0. The van der Waals surface area contributed by atoms with E-state index in [2.05, 4.69) is 15.3 Å². The number of nitrogens with zero attached hydrogens (tertiary/aromatic N) is 3. The van der Waals surface area contributed by atoms with Gasteiger partial charge in [0.15, 0.2) is 0 Å². The molecule has 0 aliphatic rings. The summed E-state index contributed by atoms with van der Waals surface area (Å²) in [6.45, 7) is 2.30. The zero-order valence-electron chi connectivity index (χ0n) is 10.9. The highest BCUT2D eigenvalue weighted by molar-refractivity contribution is 5.60.